The Hall–Kier alpha value is -4.04. The summed E-state index contributed by atoms with van der Waals surface area (Å²) < 4.78 is 11.0. The van der Waals surface area contributed by atoms with Crippen LogP contribution in [0, 0.1) is 0 Å². The summed E-state index contributed by atoms with van der Waals surface area (Å²) in [5, 5.41) is 22.8. The van der Waals surface area contributed by atoms with Crippen molar-refractivity contribution in [2.75, 3.05) is 6.54 Å². The van der Waals surface area contributed by atoms with Crippen LogP contribution in [0.25, 0.3) is 54.1 Å². The first kappa shape index (κ1) is 19.3. The molecule has 2 bridgehead atoms. The van der Waals surface area contributed by atoms with E-state index in [1.165, 1.54) is 0 Å². The number of rotatable bonds is 2. The maximum atomic E-state index is 13.2. The molecule has 0 spiro atoms. The second kappa shape index (κ2) is 5.95. The van der Waals surface area contributed by atoms with Crippen molar-refractivity contribution in [1.29, 1.82) is 0 Å². The quantitative estimate of drug-likeness (QED) is 0.222. The van der Waals surface area contributed by atoms with Gasteiger partial charge < -0.3 is 24.3 Å². The number of amides is 1. The highest BCUT2D eigenvalue weighted by molar-refractivity contribution is 6.31. The summed E-state index contributed by atoms with van der Waals surface area (Å²) in [6, 6.07) is 16.1. The molecule has 0 radical (unpaired) electrons. The van der Waals surface area contributed by atoms with Gasteiger partial charge in [-0.05, 0) is 30.2 Å². The van der Waals surface area contributed by atoms with Gasteiger partial charge in [0, 0.05) is 39.4 Å². The molecule has 172 valence electrons. The van der Waals surface area contributed by atoms with Crippen LogP contribution < -0.4 is 5.32 Å². The molecule has 2 N–H and O–H groups in total. The number of azide groups is 1. The summed E-state index contributed by atoms with van der Waals surface area (Å²) in [5.41, 5.74) is 11.8. The van der Waals surface area contributed by atoms with Crippen LogP contribution in [-0.2, 0) is 17.0 Å². The molecular formula is C26H20N6O3. The van der Waals surface area contributed by atoms with Crippen molar-refractivity contribution in [3.8, 4) is 0 Å². The number of carbonyl (C=O) groups is 1. The molecule has 9 nitrogen and oxygen atoms in total. The zero-order valence-electron chi connectivity index (χ0n) is 18.8. The van der Waals surface area contributed by atoms with E-state index in [0.29, 0.717) is 6.54 Å². The van der Waals surface area contributed by atoms with Crippen LogP contribution in [0.5, 0.6) is 0 Å². The zero-order valence-corrected chi connectivity index (χ0v) is 18.8. The Morgan fingerprint density at radius 1 is 1.14 bits per heavy atom. The third-order valence-corrected chi connectivity index (χ3v) is 8.37. The number of hydrogen-bond acceptors (Lipinski definition) is 4. The monoisotopic (exact) mass is 464 g/mol. The normalized spacial score (nSPS) is 26.6. The molecule has 1 saturated heterocycles. The second-order valence-electron chi connectivity index (χ2n) is 9.90. The number of ether oxygens (including phenoxy) is 1. The van der Waals surface area contributed by atoms with Crippen LogP contribution in [0.2, 0.25) is 0 Å². The van der Waals surface area contributed by atoms with Gasteiger partial charge in [0.1, 0.15) is 11.8 Å². The van der Waals surface area contributed by atoms with Gasteiger partial charge in [0.05, 0.1) is 34.2 Å². The van der Waals surface area contributed by atoms with Gasteiger partial charge in [0.15, 0.2) is 5.72 Å². The predicted molar refractivity (Wildman–Crippen MR) is 131 cm³/mol. The Kier molecular flexibility index (Phi) is 3.28. The van der Waals surface area contributed by atoms with E-state index in [4.69, 9.17) is 10.3 Å². The van der Waals surface area contributed by atoms with E-state index >= 15 is 0 Å². The number of aromatic nitrogens is 2. The second-order valence-corrected chi connectivity index (χ2v) is 9.90. The average Bonchev–Trinajstić information content (AvgIpc) is 3.55. The molecule has 3 aliphatic rings. The van der Waals surface area contributed by atoms with Gasteiger partial charge in [-0.1, -0.05) is 41.5 Å². The molecule has 0 aliphatic carbocycles. The molecule has 3 unspecified atom stereocenters. The van der Waals surface area contributed by atoms with Crippen molar-refractivity contribution < 1.29 is 14.6 Å². The standard InChI is InChI=1S/C26H20N6O3/c1-25-26(34,12-29-30-27)10-18(35-25)31-16-8-4-2-6-13(16)20-21-15(11-28-24(21)33)19-14-7-3-5-9-17(14)32(25)23(19)22(20)31/h2-9,18,34H,10-12H2,1H3,(H,28,33). The third kappa shape index (κ3) is 1.97. The smallest absolute Gasteiger partial charge is 0.252 e. The number of nitrogens with one attached hydrogen (secondary N) is 1. The number of hydrogen-bond donors (Lipinski definition) is 2. The zero-order chi connectivity index (χ0) is 23.7. The minimum Gasteiger partial charge on any atom is -0.385 e. The molecule has 5 heterocycles. The highest BCUT2D eigenvalue weighted by Gasteiger charge is 2.60. The highest BCUT2D eigenvalue weighted by atomic mass is 16.6. The van der Waals surface area contributed by atoms with Crippen LogP contribution >= 0.6 is 0 Å². The fraction of sp³-hybridized carbons (Fsp3) is 0.269. The fourth-order valence-corrected chi connectivity index (χ4v) is 6.88. The molecule has 2 aromatic heterocycles. The Bertz CT molecular complexity index is 1860. The van der Waals surface area contributed by atoms with Gasteiger partial charge in [0.2, 0.25) is 0 Å². The van der Waals surface area contributed by atoms with Gasteiger partial charge in [-0.25, -0.2) is 0 Å². The van der Waals surface area contributed by atoms with Crippen LogP contribution in [0.15, 0.2) is 53.6 Å². The van der Waals surface area contributed by atoms with Crippen molar-refractivity contribution in [3.05, 3.63) is 70.1 Å². The maximum Gasteiger partial charge on any atom is 0.252 e. The molecular weight excluding hydrogens is 444 g/mol. The van der Waals surface area contributed by atoms with E-state index in [9.17, 15) is 9.90 Å². The lowest BCUT2D eigenvalue weighted by molar-refractivity contribution is -0.173. The number of para-hydroxylation sites is 2. The van der Waals surface area contributed by atoms with E-state index in [0.717, 1.165) is 54.7 Å². The lowest BCUT2D eigenvalue weighted by atomic mass is 9.89. The van der Waals surface area contributed by atoms with Gasteiger partial charge in [-0.15, -0.1) is 0 Å². The van der Waals surface area contributed by atoms with E-state index in [1.54, 1.807) is 0 Å². The van der Waals surface area contributed by atoms with Crippen molar-refractivity contribution in [1.82, 2.24) is 14.5 Å². The molecule has 0 saturated carbocycles. The number of fused-ring (bicyclic) bond motifs is 13. The maximum absolute atomic E-state index is 13.2. The molecule has 3 aromatic carbocycles. The summed E-state index contributed by atoms with van der Waals surface area (Å²) in [7, 11) is 0. The van der Waals surface area contributed by atoms with Crippen molar-refractivity contribution >= 4 is 49.5 Å². The van der Waals surface area contributed by atoms with Gasteiger partial charge in [-0.3, -0.25) is 4.79 Å². The lowest BCUT2D eigenvalue weighted by Gasteiger charge is -2.39. The van der Waals surface area contributed by atoms with Gasteiger partial charge >= 0.3 is 0 Å². The Balaban J connectivity index is 1.71. The lowest BCUT2D eigenvalue weighted by Crippen LogP contribution is -2.52. The van der Waals surface area contributed by atoms with Crippen LogP contribution in [0.1, 0.15) is 35.5 Å². The number of nitrogens with zero attached hydrogens (tertiary/aromatic N) is 5. The Morgan fingerprint density at radius 3 is 2.63 bits per heavy atom. The molecule has 3 atom stereocenters. The van der Waals surface area contributed by atoms with Gasteiger partial charge in [0.25, 0.3) is 5.91 Å². The largest absolute Gasteiger partial charge is 0.385 e. The van der Waals surface area contributed by atoms with Crippen LogP contribution in [-0.4, -0.2) is 32.3 Å². The number of benzene rings is 3. The highest BCUT2D eigenvalue weighted by Crippen LogP contribution is 2.57. The summed E-state index contributed by atoms with van der Waals surface area (Å²) in [4.78, 5) is 16.2. The topological polar surface area (TPSA) is 117 Å². The molecule has 8 rings (SSSR count). The average molecular weight is 464 g/mol. The first-order chi connectivity index (χ1) is 17.0. The molecule has 9 heteroatoms. The first-order valence-electron chi connectivity index (χ1n) is 11.7. The van der Waals surface area contributed by atoms with Crippen LogP contribution in [0.4, 0.5) is 0 Å². The van der Waals surface area contributed by atoms with Crippen molar-refractivity contribution in [2.24, 2.45) is 5.11 Å². The molecule has 1 amide bonds. The van der Waals surface area contributed by atoms with Crippen molar-refractivity contribution in [2.45, 2.75) is 37.4 Å². The molecule has 3 aliphatic heterocycles. The first-order valence-corrected chi connectivity index (χ1v) is 11.7. The predicted octanol–water partition coefficient (Wildman–Crippen LogP) is 4.79. The third-order valence-electron chi connectivity index (χ3n) is 8.37. The van der Waals surface area contributed by atoms with E-state index < -0.39 is 17.6 Å². The minimum atomic E-state index is -1.44. The van der Waals surface area contributed by atoms with E-state index in [2.05, 4.69) is 30.5 Å². The van der Waals surface area contributed by atoms with Crippen LogP contribution in [0.3, 0.4) is 0 Å². The summed E-state index contributed by atoms with van der Waals surface area (Å²) in [6.07, 6.45) is -0.266. The molecule has 35 heavy (non-hydrogen) atoms. The Labute approximate surface area is 198 Å². The molecule has 1 fully saturated rings. The fourth-order valence-electron chi connectivity index (χ4n) is 6.88. The summed E-state index contributed by atoms with van der Waals surface area (Å²) >= 11 is 0. The van der Waals surface area contributed by atoms with Gasteiger partial charge in [-0.2, -0.15) is 0 Å². The van der Waals surface area contributed by atoms with Crippen molar-refractivity contribution in [3.63, 3.8) is 0 Å². The minimum absolute atomic E-state index is 0.0666. The SMILES string of the molecule is CC12OC(CC1(O)CN=[N+]=[N-])n1c3ccccc3c3c4c(c5c6ccccc6n2c5c31)CNC4=O. The van der Waals surface area contributed by atoms with E-state index in [-0.39, 0.29) is 18.9 Å². The number of carbonyl (C=O) groups excluding carboxylic acids is 1. The summed E-state index contributed by atoms with van der Waals surface area (Å²) in [5.74, 6) is -0.0666. The molecule has 5 aromatic rings. The van der Waals surface area contributed by atoms with E-state index in [1.807, 2.05) is 49.4 Å². The number of aliphatic hydroxyl groups is 1. The Morgan fingerprint density at radius 2 is 1.86 bits per heavy atom. The summed E-state index contributed by atoms with van der Waals surface area (Å²) in [6.45, 7) is 2.20.